The van der Waals surface area contributed by atoms with E-state index in [1.165, 1.54) is 11.3 Å². The molecule has 0 fully saturated rings. The Morgan fingerprint density at radius 2 is 1.96 bits per heavy atom. The summed E-state index contributed by atoms with van der Waals surface area (Å²) in [5, 5.41) is 3.53. The Morgan fingerprint density at radius 3 is 2.71 bits per heavy atom. The summed E-state index contributed by atoms with van der Waals surface area (Å²) in [5.41, 5.74) is 3.47. The van der Waals surface area contributed by atoms with E-state index in [-0.39, 0.29) is 0 Å². The van der Waals surface area contributed by atoms with Crippen molar-refractivity contribution in [3.05, 3.63) is 60.3 Å². The van der Waals surface area contributed by atoms with Crippen molar-refractivity contribution < 1.29 is 0 Å². The number of imidazole rings is 1. The van der Waals surface area contributed by atoms with Crippen LogP contribution in [0.4, 0.5) is 11.5 Å². The summed E-state index contributed by atoms with van der Waals surface area (Å²) in [7, 11) is 6.20. The fourth-order valence-electron chi connectivity index (χ4n) is 2.96. The number of nitrogens with one attached hydrogen (secondary N) is 1. The second kappa shape index (κ2) is 9.32. The third-order valence-electron chi connectivity index (χ3n) is 4.56. The van der Waals surface area contributed by atoms with Crippen LogP contribution >= 0.6 is 0 Å². The van der Waals surface area contributed by atoms with Gasteiger partial charge in [0.25, 0.3) is 0 Å². The lowest BCUT2D eigenvalue weighted by molar-refractivity contribution is 0.643. The van der Waals surface area contributed by atoms with Crippen molar-refractivity contribution in [2.45, 2.75) is 19.9 Å². The van der Waals surface area contributed by atoms with Gasteiger partial charge in [-0.25, -0.2) is 9.97 Å². The predicted octanol–water partition coefficient (Wildman–Crippen LogP) is 2.65. The van der Waals surface area contributed by atoms with Crippen LogP contribution in [0, 0.1) is 6.92 Å². The zero-order chi connectivity index (χ0) is 19.9. The van der Waals surface area contributed by atoms with E-state index >= 15 is 0 Å². The van der Waals surface area contributed by atoms with Crippen molar-refractivity contribution in [1.29, 1.82) is 0 Å². The molecule has 1 aromatic carbocycles. The maximum absolute atomic E-state index is 4.66. The minimum Gasteiger partial charge on any atom is -0.378 e. The molecule has 0 aliphatic carbocycles. The molecule has 0 amide bonds. The fraction of sp³-hybridized carbons (Fsp3) is 0.381. The SMILES string of the molecule is Cc1cc(N(C)CCCNCc2cccc(N(C)C)c2)nc(-n2ccnc2)n1. The largest absolute Gasteiger partial charge is 0.378 e. The van der Waals surface area contributed by atoms with Crippen molar-refractivity contribution >= 4 is 11.5 Å². The van der Waals surface area contributed by atoms with Gasteiger partial charge in [0.15, 0.2) is 0 Å². The number of aryl methyl sites for hydroxylation is 1. The van der Waals surface area contributed by atoms with Crippen LogP contribution in [0.1, 0.15) is 17.7 Å². The predicted molar refractivity (Wildman–Crippen MR) is 114 cm³/mol. The second-order valence-electron chi connectivity index (χ2n) is 7.15. The Kier molecular flexibility index (Phi) is 6.60. The lowest BCUT2D eigenvalue weighted by atomic mass is 10.2. The van der Waals surface area contributed by atoms with Gasteiger partial charge in [0.2, 0.25) is 5.95 Å². The van der Waals surface area contributed by atoms with E-state index < -0.39 is 0 Å². The summed E-state index contributed by atoms with van der Waals surface area (Å²) < 4.78 is 1.83. The molecule has 3 aromatic rings. The third kappa shape index (κ3) is 5.29. The molecule has 0 spiro atoms. The van der Waals surface area contributed by atoms with Gasteiger partial charge in [-0.2, -0.15) is 4.98 Å². The first-order chi connectivity index (χ1) is 13.5. The highest BCUT2D eigenvalue weighted by molar-refractivity contribution is 5.47. The van der Waals surface area contributed by atoms with Crippen molar-refractivity contribution in [2.24, 2.45) is 0 Å². The molecule has 3 rings (SSSR count). The van der Waals surface area contributed by atoms with Crippen molar-refractivity contribution in [1.82, 2.24) is 24.8 Å². The number of hydrogen-bond acceptors (Lipinski definition) is 6. The summed E-state index contributed by atoms with van der Waals surface area (Å²) in [6.45, 7) is 4.74. The van der Waals surface area contributed by atoms with Crippen LogP contribution in [0.5, 0.6) is 0 Å². The average molecular weight is 380 g/mol. The zero-order valence-corrected chi connectivity index (χ0v) is 17.1. The maximum atomic E-state index is 4.66. The van der Waals surface area contributed by atoms with E-state index in [2.05, 4.69) is 75.5 Å². The number of aromatic nitrogens is 4. The summed E-state index contributed by atoms with van der Waals surface area (Å²) in [6.07, 6.45) is 6.34. The highest BCUT2D eigenvalue weighted by Crippen LogP contribution is 2.14. The molecule has 0 unspecified atom stereocenters. The van der Waals surface area contributed by atoms with Crippen LogP contribution < -0.4 is 15.1 Å². The standard InChI is InChI=1S/C21H29N7/c1-17-13-20(25-21(24-17)28-12-10-23-16-28)27(4)11-6-9-22-15-18-7-5-8-19(14-18)26(2)3/h5,7-8,10,12-14,16,22H,6,9,11,15H2,1-4H3. The van der Waals surface area contributed by atoms with Gasteiger partial charge in [0.1, 0.15) is 12.1 Å². The summed E-state index contributed by atoms with van der Waals surface area (Å²) in [4.78, 5) is 17.5. The Morgan fingerprint density at radius 1 is 1.11 bits per heavy atom. The molecule has 7 heteroatoms. The Bertz CT molecular complexity index is 874. The summed E-state index contributed by atoms with van der Waals surface area (Å²) in [6, 6.07) is 10.6. The molecule has 0 saturated heterocycles. The number of anilines is 2. The number of nitrogens with zero attached hydrogens (tertiary/aromatic N) is 6. The summed E-state index contributed by atoms with van der Waals surface area (Å²) in [5.74, 6) is 1.58. The average Bonchev–Trinajstić information content (AvgIpc) is 3.22. The molecule has 0 aliphatic rings. The lowest BCUT2D eigenvalue weighted by Crippen LogP contribution is -2.25. The van der Waals surface area contributed by atoms with Crippen molar-refractivity contribution in [3.8, 4) is 5.95 Å². The molecule has 28 heavy (non-hydrogen) atoms. The molecular formula is C21H29N7. The first-order valence-electron chi connectivity index (χ1n) is 9.55. The quantitative estimate of drug-likeness (QED) is 0.577. The van der Waals surface area contributed by atoms with E-state index in [1.807, 2.05) is 23.8 Å². The van der Waals surface area contributed by atoms with Gasteiger partial charge in [0.05, 0.1) is 0 Å². The molecule has 148 valence electrons. The van der Waals surface area contributed by atoms with Gasteiger partial charge in [-0.1, -0.05) is 12.1 Å². The zero-order valence-electron chi connectivity index (χ0n) is 17.1. The smallest absolute Gasteiger partial charge is 0.237 e. The van der Waals surface area contributed by atoms with E-state index in [0.717, 1.165) is 37.6 Å². The van der Waals surface area contributed by atoms with Gasteiger partial charge in [0, 0.05) is 64.1 Å². The highest BCUT2D eigenvalue weighted by atomic mass is 15.2. The Labute approximate surface area is 167 Å². The van der Waals surface area contributed by atoms with E-state index in [4.69, 9.17) is 0 Å². The third-order valence-corrected chi connectivity index (χ3v) is 4.56. The lowest BCUT2D eigenvalue weighted by Gasteiger charge is -2.19. The molecule has 7 nitrogen and oxygen atoms in total. The second-order valence-corrected chi connectivity index (χ2v) is 7.15. The number of rotatable bonds is 9. The minimum absolute atomic E-state index is 0.651. The van der Waals surface area contributed by atoms with E-state index in [9.17, 15) is 0 Å². The number of hydrogen-bond donors (Lipinski definition) is 1. The molecule has 2 aromatic heterocycles. The summed E-state index contributed by atoms with van der Waals surface area (Å²) >= 11 is 0. The van der Waals surface area contributed by atoms with Crippen LogP contribution in [0.3, 0.4) is 0 Å². The highest BCUT2D eigenvalue weighted by Gasteiger charge is 2.08. The van der Waals surface area contributed by atoms with Crippen LogP contribution in [0.25, 0.3) is 5.95 Å². The minimum atomic E-state index is 0.651. The normalized spacial score (nSPS) is 10.9. The Hall–Kier alpha value is -2.93. The van der Waals surface area contributed by atoms with Gasteiger partial charge >= 0.3 is 0 Å². The van der Waals surface area contributed by atoms with Gasteiger partial charge < -0.3 is 15.1 Å². The van der Waals surface area contributed by atoms with Crippen molar-refractivity contribution in [3.63, 3.8) is 0 Å². The van der Waals surface area contributed by atoms with Crippen LogP contribution in [-0.4, -0.2) is 53.8 Å². The first-order valence-corrected chi connectivity index (χ1v) is 9.55. The first kappa shape index (κ1) is 19.8. The van der Waals surface area contributed by atoms with Crippen molar-refractivity contribution in [2.75, 3.05) is 44.0 Å². The molecular weight excluding hydrogens is 350 g/mol. The van der Waals surface area contributed by atoms with E-state index in [1.54, 1.807) is 12.5 Å². The molecule has 0 aliphatic heterocycles. The van der Waals surface area contributed by atoms with Crippen LogP contribution in [0.2, 0.25) is 0 Å². The Balaban J connectivity index is 1.48. The molecule has 1 N–H and O–H groups in total. The van der Waals surface area contributed by atoms with Gasteiger partial charge in [-0.05, 0) is 37.6 Å². The maximum Gasteiger partial charge on any atom is 0.237 e. The van der Waals surface area contributed by atoms with Gasteiger partial charge in [-0.3, -0.25) is 4.57 Å². The molecule has 0 atom stereocenters. The molecule has 2 heterocycles. The van der Waals surface area contributed by atoms with Gasteiger partial charge in [-0.15, -0.1) is 0 Å². The number of benzene rings is 1. The topological polar surface area (TPSA) is 62.1 Å². The fourth-order valence-corrected chi connectivity index (χ4v) is 2.96. The van der Waals surface area contributed by atoms with Crippen LogP contribution in [-0.2, 0) is 6.54 Å². The van der Waals surface area contributed by atoms with Crippen LogP contribution in [0.15, 0.2) is 49.1 Å². The monoisotopic (exact) mass is 379 g/mol. The molecule has 0 radical (unpaired) electrons. The van der Waals surface area contributed by atoms with E-state index in [0.29, 0.717) is 5.95 Å². The molecule has 0 bridgehead atoms. The molecule has 0 saturated carbocycles.